The number of nitrogens with zero attached hydrogens (tertiary/aromatic N) is 2. The minimum absolute atomic E-state index is 0.0512. The molecule has 2 rings (SSSR count). The molecule has 1 aliphatic carbocycles. The van der Waals surface area contributed by atoms with E-state index in [1.165, 1.54) is 0 Å². The quantitative estimate of drug-likeness (QED) is 0.835. The van der Waals surface area contributed by atoms with Gasteiger partial charge in [0.2, 0.25) is 0 Å². The maximum absolute atomic E-state index is 9.72. The molecule has 1 aliphatic rings. The van der Waals surface area contributed by atoms with Gasteiger partial charge >= 0.3 is 0 Å². The fraction of sp³-hybridized carbons (Fsp3) is 0.692. The van der Waals surface area contributed by atoms with Gasteiger partial charge < -0.3 is 10.4 Å². The second-order valence-electron chi connectivity index (χ2n) is 5.54. The minimum Gasteiger partial charge on any atom is -0.392 e. The average molecular weight is 235 g/mol. The Bertz CT molecular complexity index is 405. The summed E-state index contributed by atoms with van der Waals surface area (Å²) in [7, 11) is 0. The van der Waals surface area contributed by atoms with Gasteiger partial charge in [0.25, 0.3) is 0 Å². The van der Waals surface area contributed by atoms with Gasteiger partial charge in [-0.25, -0.2) is 0 Å². The largest absolute Gasteiger partial charge is 0.392 e. The lowest BCUT2D eigenvalue weighted by atomic mass is 9.64. The Morgan fingerprint density at radius 2 is 2.06 bits per heavy atom. The van der Waals surface area contributed by atoms with Crippen molar-refractivity contribution in [3.63, 3.8) is 0 Å². The molecule has 0 spiro atoms. The van der Waals surface area contributed by atoms with Gasteiger partial charge in [-0.2, -0.15) is 0 Å². The smallest absolute Gasteiger partial charge is 0.0782 e. The van der Waals surface area contributed by atoms with Crippen molar-refractivity contribution in [2.45, 2.75) is 52.3 Å². The Morgan fingerprint density at radius 3 is 2.59 bits per heavy atom. The monoisotopic (exact) mass is 235 g/mol. The van der Waals surface area contributed by atoms with Crippen molar-refractivity contribution in [1.82, 2.24) is 15.3 Å². The van der Waals surface area contributed by atoms with Gasteiger partial charge in [-0.3, -0.25) is 9.97 Å². The van der Waals surface area contributed by atoms with Crippen LogP contribution < -0.4 is 5.32 Å². The molecule has 4 heteroatoms. The third-order valence-corrected chi connectivity index (χ3v) is 4.00. The van der Waals surface area contributed by atoms with Crippen LogP contribution in [-0.2, 0) is 0 Å². The summed E-state index contributed by atoms with van der Waals surface area (Å²) in [5.74, 6) is 0. The predicted octanol–water partition coefficient (Wildman–Crippen LogP) is 1.60. The van der Waals surface area contributed by atoms with Crippen LogP contribution in [0.25, 0.3) is 0 Å². The van der Waals surface area contributed by atoms with Crippen molar-refractivity contribution in [3.8, 4) is 0 Å². The SMILES string of the molecule is Cc1nccnc1C(C)NC1CC(O)C1(C)C. The molecule has 94 valence electrons. The second-order valence-corrected chi connectivity index (χ2v) is 5.54. The lowest BCUT2D eigenvalue weighted by molar-refractivity contribution is -0.0756. The fourth-order valence-electron chi connectivity index (χ4n) is 2.41. The number of nitrogens with one attached hydrogen (secondary N) is 1. The molecule has 1 heterocycles. The molecular weight excluding hydrogens is 214 g/mol. The van der Waals surface area contributed by atoms with Crippen molar-refractivity contribution < 1.29 is 5.11 Å². The lowest BCUT2D eigenvalue weighted by Crippen LogP contribution is -2.60. The van der Waals surface area contributed by atoms with Gasteiger partial charge in [0.15, 0.2) is 0 Å². The summed E-state index contributed by atoms with van der Waals surface area (Å²) in [6, 6.07) is 0.509. The normalized spacial score (nSPS) is 28.5. The molecule has 4 nitrogen and oxygen atoms in total. The predicted molar refractivity (Wildman–Crippen MR) is 66.5 cm³/mol. The lowest BCUT2D eigenvalue weighted by Gasteiger charge is -2.50. The van der Waals surface area contributed by atoms with Gasteiger partial charge in [-0.1, -0.05) is 13.8 Å². The molecule has 0 aromatic carbocycles. The first-order valence-electron chi connectivity index (χ1n) is 6.14. The molecule has 0 radical (unpaired) electrons. The summed E-state index contributed by atoms with van der Waals surface area (Å²) in [4.78, 5) is 8.62. The summed E-state index contributed by atoms with van der Waals surface area (Å²) >= 11 is 0. The van der Waals surface area contributed by atoms with Crippen LogP contribution in [0.15, 0.2) is 12.4 Å². The molecule has 1 saturated carbocycles. The van der Waals surface area contributed by atoms with Gasteiger partial charge in [0.1, 0.15) is 0 Å². The molecule has 1 aromatic heterocycles. The van der Waals surface area contributed by atoms with Crippen molar-refractivity contribution in [2.24, 2.45) is 5.41 Å². The highest BCUT2D eigenvalue weighted by atomic mass is 16.3. The van der Waals surface area contributed by atoms with Crippen LogP contribution in [0.2, 0.25) is 0 Å². The van der Waals surface area contributed by atoms with E-state index in [0.29, 0.717) is 6.04 Å². The maximum Gasteiger partial charge on any atom is 0.0782 e. The topological polar surface area (TPSA) is 58.0 Å². The van der Waals surface area contributed by atoms with E-state index in [4.69, 9.17) is 0 Å². The Hall–Kier alpha value is -1.00. The third kappa shape index (κ3) is 2.19. The van der Waals surface area contributed by atoms with E-state index in [1.807, 2.05) is 6.92 Å². The molecule has 1 aromatic rings. The maximum atomic E-state index is 9.72. The van der Waals surface area contributed by atoms with Crippen LogP contribution in [0.1, 0.15) is 44.6 Å². The highest BCUT2D eigenvalue weighted by Gasteiger charge is 2.47. The third-order valence-electron chi connectivity index (χ3n) is 4.00. The molecule has 2 N–H and O–H groups in total. The molecule has 0 bridgehead atoms. The first kappa shape index (κ1) is 12.5. The van der Waals surface area contributed by atoms with Crippen LogP contribution in [0, 0.1) is 12.3 Å². The number of rotatable bonds is 3. The number of hydrogen-bond acceptors (Lipinski definition) is 4. The van der Waals surface area contributed by atoms with E-state index in [0.717, 1.165) is 17.8 Å². The highest BCUT2D eigenvalue weighted by molar-refractivity contribution is 5.14. The summed E-state index contributed by atoms with van der Waals surface area (Å²) in [6.07, 6.45) is 4.05. The van der Waals surface area contributed by atoms with Crippen LogP contribution in [0.5, 0.6) is 0 Å². The first-order valence-corrected chi connectivity index (χ1v) is 6.14. The zero-order valence-corrected chi connectivity index (χ0v) is 10.9. The summed E-state index contributed by atoms with van der Waals surface area (Å²) in [5, 5.41) is 13.2. The Kier molecular flexibility index (Phi) is 3.19. The van der Waals surface area contributed by atoms with Crippen LogP contribution in [-0.4, -0.2) is 27.2 Å². The van der Waals surface area contributed by atoms with Crippen molar-refractivity contribution >= 4 is 0 Å². The zero-order valence-electron chi connectivity index (χ0n) is 10.9. The summed E-state index contributed by atoms with van der Waals surface area (Å²) < 4.78 is 0. The summed E-state index contributed by atoms with van der Waals surface area (Å²) in [6.45, 7) is 8.25. The van der Waals surface area contributed by atoms with Gasteiger partial charge in [0.05, 0.1) is 17.5 Å². The molecule has 0 aliphatic heterocycles. The number of aliphatic hydroxyl groups excluding tert-OH is 1. The fourth-order valence-corrected chi connectivity index (χ4v) is 2.41. The molecule has 3 unspecified atom stereocenters. The standard InChI is InChI=1S/C13H21N3O/c1-8-12(15-6-5-14-8)9(2)16-10-7-11(17)13(10,3)4/h5-6,9-11,16-17H,7H2,1-4H3. The molecule has 1 fully saturated rings. The van der Waals surface area contributed by atoms with Gasteiger partial charge in [-0.05, 0) is 20.3 Å². The van der Waals surface area contributed by atoms with Crippen LogP contribution in [0.4, 0.5) is 0 Å². The van der Waals surface area contributed by atoms with E-state index in [2.05, 4.69) is 36.1 Å². The minimum atomic E-state index is -0.199. The Labute approximate surface area is 102 Å². The molecule has 3 atom stereocenters. The van der Waals surface area contributed by atoms with E-state index in [1.54, 1.807) is 12.4 Å². The van der Waals surface area contributed by atoms with Gasteiger partial charge in [-0.15, -0.1) is 0 Å². The van der Waals surface area contributed by atoms with Crippen molar-refractivity contribution in [1.29, 1.82) is 0 Å². The van der Waals surface area contributed by atoms with E-state index < -0.39 is 0 Å². The van der Waals surface area contributed by atoms with Crippen molar-refractivity contribution in [2.75, 3.05) is 0 Å². The van der Waals surface area contributed by atoms with E-state index in [9.17, 15) is 5.11 Å². The second kappa shape index (κ2) is 4.35. The average Bonchev–Trinajstić information content (AvgIpc) is 2.29. The molecule has 17 heavy (non-hydrogen) atoms. The number of hydrogen-bond donors (Lipinski definition) is 2. The number of aryl methyl sites for hydroxylation is 1. The Balaban J connectivity index is 2.04. The zero-order chi connectivity index (χ0) is 12.6. The van der Waals surface area contributed by atoms with Crippen LogP contribution >= 0.6 is 0 Å². The Morgan fingerprint density at radius 1 is 1.41 bits per heavy atom. The van der Waals surface area contributed by atoms with E-state index >= 15 is 0 Å². The highest BCUT2D eigenvalue weighted by Crippen LogP contribution is 2.41. The number of aliphatic hydroxyl groups is 1. The molecule has 0 saturated heterocycles. The van der Waals surface area contributed by atoms with Crippen molar-refractivity contribution in [3.05, 3.63) is 23.8 Å². The summed E-state index contributed by atoms with van der Waals surface area (Å²) in [5.41, 5.74) is 1.90. The first-order chi connectivity index (χ1) is 7.93. The van der Waals surface area contributed by atoms with E-state index in [-0.39, 0.29) is 17.6 Å². The molecular formula is C13H21N3O. The molecule has 0 amide bonds. The van der Waals surface area contributed by atoms with Gasteiger partial charge in [0, 0.05) is 29.9 Å². The number of aromatic nitrogens is 2. The van der Waals surface area contributed by atoms with Crippen LogP contribution in [0.3, 0.4) is 0 Å².